The zero-order valence-electron chi connectivity index (χ0n) is 25.2. The Kier molecular flexibility index (Phi) is 9.94. The van der Waals surface area contributed by atoms with Crippen LogP contribution in [0.15, 0.2) is 17.3 Å². The lowest BCUT2D eigenvalue weighted by atomic mass is 9.93. The molecule has 0 saturated carbocycles. The molecular weight excluding hydrogens is 676 g/mol. The predicted molar refractivity (Wildman–Crippen MR) is 152 cm³/mol. The Labute approximate surface area is 264 Å². The lowest BCUT2D eigenvalue weighted by Crippen LogP contribution is -2.58. The highest BCUT2D eigenvalue weighted by Crippen LogP contribution is 2.61. The molecule has 3 aromatic heterocycles. The van der Waals surface area contributed by atoms with Gasteiger partial charge < -0.3 is 49.8 Å². The second kappa shape index (κ2) is 13.1. The Morgan fingerprint density at radius 2 is 1.66 bits per heavy atom. The van der Waals surface area contributed by atoms with Crippen LogP contribution in [0.25, 0.3) is 11.2 Å². The number of aromatic nitrogens is 7. The standard InChI is InChI=1S/C23H35N7O15P2/c1-9-25-19-13(20(36)26-9)24-8-30(19)21-17(34)15(32)11(42-21)7-41-46(37,38)45-47(39,40)44-22-18(35)16(33)14(31)10(43-22)5-29-6-12(27-28-29)23(2,3)4/h6,8,10-11,14-18,21-22,31-35H,5,7H2,1-4H3,(H,37,38)(H,39,40)(H,25,26,36)/t10?,11-,14-,15+,16+,17?,18?,21-,22-/m1/s1. The number of hydrogen-bond donors (Lipinski definition) is 8. The molecule has 2 saturated heterocycles. The topological polar surface area (TPSA) is 316 Å². The van der Waals surface area contributed by atoms with Gasteiger partial charge in [0.15, 0.2) is 23.7 Å². The van der Waals surface area contributed by atoms with Crippen molar-refractivity contribution >= 4 is 26.8 Å². The van der Waals surface area contributed by atoms with Gasteiger partial charge in [0, 0.05) is 11.6 Å². The van der Waals surface area contributed by atoms with Gasteiger partial charge in [-0.25, -0.2) is 23.8 Å². The van der Waals surface area contributed by atoms with Gasteiger partial charge in [0.2, 0.25) is 0 Å². The van der Waals surface area contributed by atoms with Crippen molar-refractivity contribution in [1.82, 2.24) is 34.5 Å². The first kappa shape index (κ1) is 35.8. The molecule has 0 amide bonds. The van der Waals surface area contributed by atoms with Gasteiger partial charge in [0.25, 0.3) is 5.56 Å². The third-order valence-corrected chi connectivity index (χ3v) is 9.95. The third kappa shape index (κ3) is 7.71. The highest BCUT2D eigenvalue weighted by molar-refractivity contribution is 7.61. The fourth-order valence-corrected chi connectivity index (χ4v) is 7.02. The molecule has 0 radical (unpaired) electrons. The summed E-state index contributed by atoms with van der Waals surface area (Å²) in [5.74, 6) is 0.225. The molecule has 0 bridgehead atoms. The maximum absolute atomic E-state index is 12.7. The zero-order valence-corrected chi connectivity index (χ0v) is 27.0. The molecule has 2 fully saturated rings. The number of phosphoric acid groups is 2. The van der Waals surface area contributed by atoms with E-state index in [1.165, 1.54) is 11.6 Å². The van der Waals surface area contributed by atoms with E-state index in [9.17, 15) is 49.2 Å². The quantitative estimate of drug-likeness (QED) is 0.102. The molecule has 5 unspecified atom stereocenters. The largest absolute Gasteiger partial charge is 0.483 e. The van der Waals surface area contributed by atoms with Crippen molar-refractivity contribution < 1.29 is 67.3 Å². The molecule has 3 aromatic rings. The molecule has 22 nitrogen and oxygen atoms in total. The monoisotopic (exact) mass is 711 g/mol. The molecule has 2 aliphatic heterocycles. The van der Waals surface area contributed by atoms with Crippen LogP contribution in [0.5, 0.6) is 0 Å². The summed E-state index contributed by atoms with van der Waals surface area (Å²) >= 11 is 0. The van der Waals surface area contributed by atoms with Gasteiger partial charge in [-0.15, -0.1) is 5.10 Å². The summed E-state index contributed by atoms with van der Waals surface area (Å²) in [5, 5.41) is 60.0. The average Bonchev–Trinajstić information content (AvgIpc) is 3.67. The van der Waals surface area contributed by atoms with Gasteiger partial charge in [-0.05, 0) is 6.92 Å². The number of rotatable bonds is 10. The van der Waals surface area contributed by atoms with E-state index in [0.717, 1.165) is 10.9 Å². The van der Waals surface area contributed by atoms with Gasteiger partial charge in [0.05, 0.1) is 25.2 Å². The normalized spacial score (nSPS) is 32.8. The number of aromatic amines is 1. The van der Waals surface area contributed by atoms with Crippen LogP contribution in [0.3, 0.4) is 0 Å². The van der Waals surface area contributed by atoms with Gasteiger partial charge in [-0.2, -0.15) is 4.31 Å². The number of aliphatic hydroxyl groups excluding tert-OH is 5. The average molecular weight is 712 g/mol. The van der Waals surface area contributed by atoms with Crippen molar-refractivity contribution in [1.29, 1.82) is 0 Å². The highest BCUT2D eigenvalue weighted by Gasteiger charge is 2.50. The summed E-state index contributed by atoms with van der Waals surface area (Å²) in [6.07, 6.45) is -12.9. The van der Waals surface area contributed by atoms with Gasteiger partial charge in [-0.1, -0.05) is 26.0 Å². The molecule has 0 aromatic carbocycles. The molecule has 47 heavy (non-hydrogen) atoms. The van der Waals surface area contributed by atoms with Crippen molar-refractivity contribution in [2.24, 2.45) is 0 Å². The first-order chi connectivity index (χ1) is 21.8. The van der Waals surface area contributed by atoms with E-state index in [4.69, 9.17) is 18.5 Å². The van der Waals surface area contributed by atoms with Crippen molar-refractivity contribution in [3.05, 3.63) is 34.4 Å². The number of H-pyrrole nitrogens is 1. The predicted octanol–water partition coefficient (Wildman–Crippen LogP) is -2.31. The Balaban J connectivity index is 1.21. The highest BCUT2D eigenvalue weighted by atomic mass is 31.3. The fraction of sp³-hybridized carbons (Fsp3) is 0.696. The van der Waals surface area contributed by atoms with E-state index >= 15 is 0 Å². The minimum absolute atomic E-state index is 0.0153. The van der Waals surface area contributed by atoms with Crippen LogP contribution < -0.4 is 5.56 Å². The Morgan fingerprint density at radius 3 is 2.32 bits per heavy atom. The first-order valence-corrected chi connectivity index (χ1v) is 17.0. The maximum atomic E-state index is 12.7. The minimum atomic E-state index is -5.63. The number of aryl methyl sites for hydroxylation is 1. The SMILES string of the molecule is Cc1nc2c(ncn2[C@@H]2O[C@H](COP(=O)(O)OP(=O)(O)O[C@H]3OC(Cn4cc(C(C)(C)C)nn4)[C@@H](O)[C@H](O)C3O)[C@H](O)C2O)c(=O)[nH]1. The van der Waals surface area contributed by atoms with E-state index < -0.39 is 83.1 Å². The molecule has 0 spiro atoms. The van der Waals surface area contributed by atoms with Crippen LogP contribution in [-0.2, 0) is 43.9 Å². The number of nitrogens with one attached hydrogen (secondary N) is 1. The Hall–Kier alpha value is -2.53. The molecule has 262 valence electrons. The summed E-state index contributed by atoms with van der Waals surface area (Å²) in [7, 11) is -11.1. The van der Waals surface area contributed by atoms with Crippen LogP contribution in [0.2, 0.25) is 0 Å². The number of hydrogen-bond acceptors (Lipinski definition) is 17. The molecule has 2 aliphatic rings. The van der Waals surface area contributed by atoms with Crippen molar-refractivity contribution in [2.45, 2.75) is 94.9 Å². The van der Waals surface area contributed by atoms with Crippen LogP contribution in [0.1, 0.15) is 38.5 Å². The van der Waals surface area contributed by atoms with Crippen LogP contribution in [-0.4, -0.2) is 125 Å². The van der Waals surface area contributed by atoms with Crippen molar-refractivity contribution in [3.63, 3.8) is 0 Å². The Bertz CT molecular complexity index is 1740. The summed E-state index contributed by atoms with van der Waals surface area (Å²) in [4.78, 5) is 43.0. The van der Waals surface area contributed by atoms with Crippen LogP contribution in [0.4, 0.5) is 0 Å². The molecule has 5 rings (SSSR count). The molecule has 11 atom stereocenters. The second-order valence-electron chi connectivity index (χ2n) is 12.0. The fourth-order valence-electron chi connectivity index (χ4n) is 4.86. The first-order valence-electron chi connectivity index (χ1n) is 14.0. The third-order valence-electron chi connectivity index (χ3n) is 7.35. The van der Waals surface area contributed by atoms with Crippen LogP contribution in [0, 0.1) is 6.92 Å². The molecule has 24 heteroatoms. The van der Waals surface area contributed by atoms with Crippen LogP contribution >= 0.6 is 15.6 Å². The molecule has 0 aliphatic carbocycles. The summed E-state index contributed by atoms with van der Waals surface area (Å²) < 4.78 is 52.4. The number of nitrogens with zero attached hydrogens (tertiary/aromatic N) is 6. The summed E-state index contributed by atoms with van der Waals surface area (Å²) in [6, 6.07) is 0. The number of fused-ring (bicyclic) bond motifs is 1. The Morgan fingerprint density at radius 1 is 0.979 bits per heavy atom. The van der Waals surface area contributed by atoms with E-state index in [1.54, 1.807) is 6.20 Å². The van der Waals surface area contributed by atoms with Gasteiger partial charge >= 0.3 is 15.6 Å². The molecule has 8 N–H and O–H groups in total. The molecular formula is C23H35N7O15P2. The summed E-state index contributed by atoms with van der Waals surface area (Å²) in [5.41, 5.74) is -0.417. The van der Waals surface area contributed by atoms with E-state index in [-0.39, 0.29) is 28.9 Å². The van der Waals surface area contributed by atoms with Gasteiger partial charge in [0.1, 0.15) is 48.6 Å². The van der Waals surface area contributed by atoms with Crippen molar-refractivity contribution in [2.75, 3.05) is 6.61 Å². The number of phosphoric ester groups is 2. The van der Waals surface area contributed by atoms with E-state index in [2.05, 4.69) is 29.6 Å². The summed E-state index contributed by atoms with van der Waals surface area (Å²) in [6.45, 7) is 5.94. The smallest absolute Gasteiger partial charge is 0.388 e. The minimum Gasteiger partial charge on any atom is -0.388 e. The molecule has 5 heterocycles. The second-order valence-corrected chi connectivity index (χ2v) is 15.0. The van der Waals surface area contributed by atoms with Crippen molar-refractivity contribution in [3.8, 4) is 0 Å². The number of imidazole rings is 1. The number of aliphatic hydroxyl groups is 5. The van der Waals surface area contributed by atoms with E-state index in [0.29, 0.717) is 5.69 Å². The zero-order chi connectivity index (χ0) is 34.6. The van der Waals surface area contributed by atoms with E-state index in [1.807, 2.05) is 20.8 Å². The van der Waals surface area contributed by atoms with Gasteiger partial charge in [-0.3, -0.25) is 18.4 Å². The maximum Gasteiger partial charge on any atom is 0.483 e. The lowest BCUT2D eigenvalue weighted by Gasteiger charge is -2.40. The number of ether oxygens (including phenoxy) is 2. The lowest BCUT2D eigenvalue weighted by molar-refractivity contribution is -0.278.